The Morgan fingerprint density at radius 1 is 1.86 bits per heavy atom. The minimum Gasteiger partial charge on any atom is -0.394 e. The largest absolute Gasteiger partial charge is 0.394 e. The van der Waals surface area contributed by atoms with Crippen molar-refractivity contribution in [1.29, 1.82) is 0 Å². The molecule has 0 spiro atoms. The molecule has 1 amide bonds. The Kier molecular flexibility index (Phi) is 4.06. The second-order valence-electron chi connectivity index (χ2n) is 3.14. The third-order valence-corrected chi connectivity index (χ3v) is 1.75. The summed E-state index contributed by atoms with van der Waals surface area (Å²) in [6, 6.07) is 0. The van der Waals surface area contributed by atoms with Crippen LogP contribution in [0.1, 0.15) is 6.92 Å². The number of hydrogen-bond acceptors (Lipinski definition) is 4. The van der Waals surface area contributed by atoms with Crippen LogP contribution in [-0.2, 0) is 14.3 Å². The number of hydrogen-bond donors (Lipinski definition) is 2. The van der Waals surface area contributed by atoms with Crippen molar-refractivity contribution >= 4 is 5.91 Å². The molecule has 5 heteroatoms. The molecule has 0 saturated carbocycles. The molecular weight excluding hydrogens is 186 g/mol. The zero-order valence-corrected chi connectivity index (χ0v) is 8.16. The van der Waals surface area contributed by atoms with Crippen LogP contribution in [0, 0.1) is 0 Å². The van der Waals surface area contributed by atoms with Crippen molar-refractivity contribution in [2.24, 2.45) is 0 Å². The summed E-state index contributed by atoms with van der Waals surface area (Å²) in [4.78, 5) is 11.2. The Labute approximate surface area is 82.7 Å². The number of carbonyl (C=O) groups excluding carboxylic acids is 1. The molecule has 0 aromatic heterocycles. The van der Waals surface area contributed by atoms with Crippen LogP contribution in [0.15, 0.2) is 12.2 Å². The lowest BCUT2D eigenvalue weighted by molar-refractivity contribution is -0.122. The standard InChI is InChI=1S/C9H15NO4/c1-6(2)8(12)10-9(7-5-14-7)13-4-3-11/h7,9,11H,1,3-5H2,2H3,(H,10,12). The van der Waals surface area contributed by atoms with Gasteiger partial charge in [0.15, 0.2) is 6.23 Å². The zero-order chi connectivity index (χ0) is 10.6. The SMILES string of the molecule is C=C(C)C(=O)NC(OCCO)C1CO1. The number of ether oxygens (including phenoxy) is 2. The fraction of sp³-hybridized carbons (Fsp3) is 0.667. The second-order valence-corrected chi connectivity index (χ2v) is 3.14. The number of epoxide rings is 1. The highest BCUT2D eigenvalue weighted by Crippen LogP contribution is 2.15. The lowest BCUT2D eigenvalue weighted by atomic mass is 10.3. The molecule has 0 aromatic rings. The van der Waals surface area contributed by atoms with Crippen LogP contribution in [0.3, 0.4) is 0 Å². The van der Waals surface area contributed by atoms with E-state index in [9.17, 15) is 4.79 Å². The summed E-state index contributed by atoms with van der Waals surface area (Å²) in [6.45, 7) is 5.81. The molecule has 1 fully saturated rings. The van der Waals surface area contributed by atoms with E-state index >= 15 is 0 Å². The van der Waals surface area contributed by atoms with E-state index in [-0.39, 0.29) is 25.2 Å². The van der Waals surface area contributed by atoms with Crippen molar-refractivity contribution in [3.8, 4) is 0 Å². The number of amides is 1. The van der Waals surface area contributed by atoms with Crippen LogP contribution in [-0.4, -0.2) is 43.2 Å². The van der Waals surface area contributed by atoms with E-state index < -0.39 is 6.23 Å². The predicted octanol–water partition coefficient (Wildman–Crippen LogP) is -0.587. The predicted molar refractivity (Wildman–Crippen MR) is 49.5 cm³/mol. The molecule has 2 unspecified atom stereocenters. The molecule has 2 N–H and O–H groups in total. The molecule has 0 radical (unpaired) electrons. The highest BCUT2D eigenvalue weighted by atomic mass is 16.6. The normalized spacial score (nSPS) is 21.4. The topological polar surface area (TPSA) is 71.1 Å². The van der Waals surface area contributed by atoms with Crippen molar-refractivity contribution in [1.82, 2.24) is 5.32 Å². The maximum Gasteiger partial charge on any atom is 0.248 e. The van der Waals surface area contributed by atoms with Crippen LogP contribution in [0.4, 0.5) is 0 Å². The second kappa shape index (κ2) is 5.09. The molecule has 2 atom stereocenters. The Bertz CT molecular complexity index is 225. The van der Waals surface area contributed by atoms with Gasteiger partial charge in [0.2, 0.25) is 5.91 Å². The first-order chi connectivity index (χ1) is 6.65. The van der Waals surface area contributed by atoms with E-state index in [1.165, 1.54) is 0 Å². The van der Waals surface area contributed by atoms with Gasteiger partial charge in [0.05, 0.1) is 19.8 Å². The van der Waals surface area contributed by atoms with Crippen molar-refractivity contribution < 1.29 is 19.4 Å². The van der Waals surface area contributed by atoms with E-state index in [0.29, 0.717) is 12.2 Å². The minimum atomic E-state index is -0.480. The summed E-state index contributed by atoms with van der Waals surface area (Å²) in [7, 11) is 0. The Hall–Kier alpha value is -0.910. The van der Waals surface area contributed by atoms with Gasteiger partial charge in [-0.3, -0.25) is 4.79 Å². The molecule has 1 saturated heterocycles. The summed E-state index contributed by atoms with van der Waals surface area (Å²) in [6.07, 6.45) is -0.573. The van der Waals surface area contributed by atoms with E-state index in [4.69, 9.17) is 14.6 Å². The molecule has 1 rings (SSSR count). The fourth-order valence-electron chi connectivity index (χ4n) is 0.904. The minimum absolute atomic E-state index is 0.0772. The quantitative estimate of drug-likeness (QED) is 0.342. The van der Waals surface area contributed by atoms with Crippen molar-refractivity contribution in [2.75, 3.05) is 19.8 Å². The van der Waals surface area contributed by atoms with Gasteiger partial charge in [-0.15, -0.1) is 0 Å². The van der Waals surface area contributed by atoms with Gasteiger partial charge in [-0.2, -0.15) is 0 Å². The third kappa shape index (κ3) is 3.45. The summed E-state index contributed by atoms with van der Waals surface area (Å²) < 4.78 is 10.2. The van der Waals surface area contributed by atoms with Gasteiger partial charge >= 0.3 is 0 Å². The zero-order valence-electron chi connectivity index (χ0n) is 8.16. The number of aliphatic hydroxyl groups excluding tert-OH is 1. The van der Waals surface area contributed by atoms with Gasteiger partial charge in [0.25, 0.3) is 0 Å². The number of carbonyl (C=O) groups is 1. The lowest BCUT2D eigenvalue weighted by Crippen LogP contribution is -2.41. The molecule has 1 heterocycles. The summed E-state index contributed by atoms with van der Waals surface area (Å²) in [5.41, 5.74) is 0.420. The van der Waals surface area contributed by atoms with Gasteiger partial charge in [-0.25, -0.2) is 0 Å². The molecule has 0 aliphatic carbocycles. The average Bonchev–Trinajstić information content (AvgIpc) is 2.94. The molecule has 5 nitrogen and oxygen atoms in total. The Balaban J connectivity index is 2.34. The van der Waals surface area contributed by atoms with Gasteiger partial charge in [0, 0.05) is 5.57 Å². The number of aliphatic hydroxyl groups is 1. The summed E-state index contributed by atoms with van der Waals surface area (Å²) in [5.74, 6) is -0.261. The van der Waals surface area contributed by atoms with Crippen LogP contribution >= 0.6 is 0 Å². The fourth-order valence-corrected chi connectivity index (χ4v) is 0.904. The van der Waals surface area contributed by atoms with Crippen molar-refractivity contribution in [3.05, 3.63) is 12.2 Å². The molecule has 14 heavy (non-hydrogen) atoms. The Morgan fingerprint density at radius 3 is 2.93 bits per heavy atom. The molecule has 1 aliphatic rings. The maximum absolute atomic E-state index is 11.2. The van der Waals surface area contributed by atoms with E-state index in [2.05, 4.69) is 11.9 Å². The maximum atomic E-state index is 11.2. The van der Waals surface area contributed by atoms with Crippen LogP contribution in [0.25, 0.3) is 0 Å². The molecule has 0 bridgehead atoms. The van der Waals surface area contributed by atoms with Gasteiger partial charge in [0.1, 0.15) is 6.10 Å². The van der Waals surface area contributed by atoms with Crippen molar-refractivity contribution in [3.63, 3.8) is 0 Å². The van der Waals surface area contributed by atoms with E-state index in [1.54, 1.807) is 6.92 Å². The molecular formula is C9H15NO4. The first-order valence-electron chi connectivity index (χ1n) is 4.45. The van der Waals surface area contributed by atoms with Crippen LogP contribution in [0.2, 0.25) is 0 Å². The van der Waals surface area contributed by atoms with E-state index in [0.717, 1.165) is 0 Å². The highest BCUT2D eigenvalue weighted by Gasteiger charge is 2.34. The summed E-state index contributed by atoms with van der Waals surface area (Å²) in [5, 5.41) is 11.2. The van der Waals surface area contributed by atoms with Gasteiger partial charge in [-0.05, 0) is 6.92 Å². The Morgan fingerprint density at radius 2 is 2.50 bits per heavy atom. The van der Waals surface area contributed by atoms with Crippen LogP contribution < -0.4 is 5.32 Å². The average molecular weight is 201 g/mol. The molecule has 80 valence electrons. The summed E-state index contributed by atoms with van der Waals surface area (Å²) >= 11 is 0. The number of nitrogens with one attached hydrogen (secondary N) is 1. The first-order valence-corrected chi connectivity index (χ1v) is 4.45. The highest BCUT2D eigenvalue weighted by molar-refractivity contribution is 5.92. The monoisotopic (exact) mass is 201 g/mol. The smallest absolute Gasteiger partial charge is 0.248 e. The van der Waals surface area contributed by atoms with Gasteiger partial charge in [-0.1, -0.05) is 6.58 Å². The van der Waals surface area contributed by atoms with E-state index in [1.807, 2.05) is 0 Å². The van der Waals surface area contributed by atoms with Crippen LogP contribution in [0.5, 0.6) is 0 Å². The van der Waals surface area contributed by atoms with Crippen molar-refractivity contribution in [2.45, 2.75) is 19.3 Å². The molecule has 1 aliphatic heterocycles. The van der Waals surface area contributed by atoms with Gasteiger partial charge < -0.3 is 19.9 Å². The lowest BCUT2D eigenvalue weighted by Gasteiger charge is -2.16. The number of rotatable bonds is 6. The first kappa shape index (κ1) is 11.2. The molecule has 0 aromatic carbocycles. The third-order valence-electron chi connectivity index (χ3n) is 1.75.